The third kappa shape index (κ3) is 3.89. The van der Waals surface area contributed by atoms with Gasteiger partial charge in [-0.25, -0.2) is 0 Å². The van der Waals surface area contributed by atoms with Gasteiger partial charge in [0.25, 0.3) is 0 Å². The number of hydrogen-bond donors (Lipinski definition) is 1. The molecule has 1 aromatic carbocycles. The van der Waals surface area contributed by atoms with Crippen molar-refractivity contribution >= 4 is 23.6 Å². The number of carboxylic acids is 1. The summed E-state index contributed by atoms with van der Waals surface area (Å²) in [6.45, 7) is 0.314. The maximum absolute atomic E-state index is 11.7. The van der Waals surface area contributed by atoms with Gasteiger partial charge >= 0.3 is 0 Å². The lowest BCUT2D eigenvalue weighted by Crippen LogP contribution is -2.25. The van der Waals surface area contributed by atoms with Crippen LogP contribution in [0.3, 0.4) is 0 Å². The van der Waals surface area contributed by atoms with E-state index >= 15 is 0 Å². The van der Waals surface area contributed by atoms with Gasteiger partial charge in [-0.3, -0.25) is 4.79 Å². The maximum Gasteiger partial charge on any atom is 0.230 e. The molecule has 0 saturated heterocycles. The van der Waals surface area contributed by atoms with Crippen molar-refractivity contribution in [3.8, 4) is 0 Å². The predicted molar refractivity (Wildman–Crippen MR) is 72.1 cm³/mol. The average Bonchev–Trinajstić information content (AvgIpc) is 2.96. The number of amides is 1. The van der Waals surface area contributed by atoms with Crippen LogP contribution < -0.4 is 10.4 Å². The van der Waals surface area contributed by atoms with Crippen LogP contribution >= 0.6 is 11.8 Å². The summed E-state index contributed by atoms with van der Waals surface area (Å²) in [5, 5.41) is 13.6. The van der Waals surface area contributed by atoms with E-state index in [1.165, 1.54) is 12.3 Å². The number of carboxylic acid groups (broad SMARTS) is 1. The van der Waals surface area contributed by atoms with Crippen LogP contribution in [0.5, 0.6) is 0 Å². The van der Waals surface area contributed by atoms with Gasteiger partial charge in [0.05, 0.1) is 24.5 Å². The van der Waals surface area contributed by atoms with E-state index in [1.807, 2.05) is 0 Å². The molecule has 0 aliphatic carbocycles. The number of aromatic carboxylic acids is 1. The van der Waals surface area contributed by atoms with Gasteiger partial charge in [0, 0.05) is 10.5 Å². The highest BCUT2D eigenvalue weighted by Gasteiger charge is 2.07. The summed E-state index contributed by atoms with van der Waals surface area (Å²) in [5.41, 5.74) is 0.0938. The number of hydrogen-bond acceptors (Lipinski definition) is 5. The molecule has 104 valence electrons. The van der Waals surface area contributed by atoms with Gasteiger partial charge in [0.15, 0.2) is 0 Å². The van der Waals surface area contributed by atoms with Crippen molar-refractivity contribution < 1.29 is 19.1 Å². The van der Waals surface area contributed by atoms with Crippen molar-refractivity contribution in [1.82, 2.24) is 5.32 Å². The Morgan fingerprint density at radius 2 is 2.00 bits per heavy atom. The minimum Gasteiger partial charge on any atom is -0.545 e. The molecule has 6 heteroatoms. The Labute approximate surface area is 120 Å². The smallest absolute Gasteiger partial charge is 0.230 e. The van der Waals surface area contributed by atoms with E-state index in [1.54, 1.807) is 30.3 Å². The molecular weight excluding hydrogens is 278 g/mol. The van der Waals surface area contributed by atoms with E-state index < -0.39 is 5.97 Å². The number of thioether (sulfide) groups is 1. The lowest BCUT2D eigenvalue weighted by molar-refractivity contribution is -0.255. The lowest BCUT2D eigenvalue weighted by atomic mass is 10.2. The van der Waals surface area contributed by atoms with E-state index in [-0.39, 0.29) is 17.2 Å². The highest BCUT2D eigenvalue weighted by Crippen LogP contribution is 2.21. The summed E-state index contributed by atoms with van der Waals surface area (Å²) in [6.07, 6.45) is 1.53. The normalized spacial score (nSPS) is 10.2. The van der Waals surface area contributed by atoms with Gasteiger partial charge in [-0.1, -0.05) is 18.2 Å². The van der Waals surface area contributed by atoms with Crippen LogP contribution in [0.4, 0.5) is 0 Å². The van der Waals surface area contributed by atoms with Crippen LogP contribution in [0.15, 0.2) is 52.0 Å². The second-order valence-electron chi connectivity index (χ2n) is 3.93. The van der Waals surface area contributed by atoms with E-state index in [0.717, 1.165) is 11.8 Å². The van der Waals surface area contributed by atoms with Gasteiger partial charge in [-0.2, -0.15) is 0 Å². The maximum atomic E-state index is 11.7. The topological polar surface area (TPSA) is 82.4 Å². The van der Waals surface area contributed by atoms with Crippen molar-refractivity contribution in [2.45, 2.75) is 11.4 Å². The van der Waals surface area contributed by atoms with E-state index in [9.17, 15) is 14.7 Å². The fourth-order valence-corrected chi connectivity index (χ4v) is 2.42. The number of carbonyl (C=O) groups excluding carboxylic acids is 2. The number of furan rings is 1. The van der Waals surface area contributed by atoms with Crippen molar-refractivity contribution in [3.05, 3.63) is 54.0 Å². The Morgan fingerprint density at radius 1 is 1.20 bits per heavy atom. The minimum absolute atomic E-state index is 0.0938. The zero-order valence-corrected chi connectivity index (χ0v) is 11.3. The second kappa shape index (κ2) is 6.81. The Bertz CT molecular complexity index is 595. The molecule has 1 N–H and O–H groups in total. The molecular formula is C14H12NO4S-. The molecule has 0 aliphatic rings. The second-order valence-corrected chi connectivity index (χ2v) is 4.95. The molecule has 0 fully saturated rings. The quantitative estimate of drug-likeness (QED) is 0.804. The minimum atomic E-state index is -1.25. The van der Waals surface area contributed by atoms with Crippen molar-refractivity contribution in [3.63, 3.8) is 0 Å². The standard InChI is InChI=1S/C14H13NO4S/c16-13(15-8-10-4-3-7-19-10)9-20-12-6-2-1-5-11(12)14(17)18/h1-7H,8-9H2,(H,15,16)(H,17,18)/p-1. The van der Waals surface area contributed by atoms with Gasteiger partial charge in [-0.15, -0.1) is 11.8 Å². The molecule has 0 aliphatic heterocycles. The Balaban J connectivity index is 1.85. The summed E-state index contributed by atoms with van der Waals surface area (Å²) in [6, 6.07) is 9.95. The molecule has 2 aromatic rings. The number of carbonyl (C=O) groups is 2. The summed E-state index contributed by atoms with van der Waals surface area (Å²) in [7, 11) is 0. The van der Waals surface area contributed by atoms with Gasteiger partial charge in [0.2, 0.25) is 5.91 Å². The Kier molecular flexibility index (Phi) is 4.84. The zero-order chi connectivity index (χ0) is 14.4. The summed E-state index contributed by atoms with van der Waals surface area (Å²) in [4.78, 5) is 23.1. The molecule has 20 heavy (non-hydrogen) atoms. The summed E-state index contributed by atoms with van der Waals surface area (Å²) in [5.74, 6) is -0.646. The van der Waals surface area contributed by atoms with Crippen LogP contribution in [0.1, 0.15) is 16.1 Å². The molecule has 0 unspecified atom stereocenters. The molecule has 2 rings (SSSR count). The number of benzene rings is 1. The molecule has 0 radical (unpaired) electrons. The molecule has 1 aromatic heterocycles. The first kappa shape index (κ1) is 14.2. The third-order valence-corrected chi connectivity index (χ3v) is 3.58. The molecule has 1 heterocycles. The largest absolute Gasteiger partial charge is 0.545 e. The lowest BCUT2D eigenvalue weighted by Gasteiger charge is -2.09. The van der Waals surface area contributed by atoms with Crippen LogP contribution in [0.25, 0.3) is 0 Å². The Hall–Kier alpha value is -2.21. The highest BCUT2D eigenvalue weighted by atomic mass is 32.2. The molecule has 0 spiro atoms. The SMILES string of the molecule is O=C(CSc1ccccc1C(=O)[O-])NCc1ccco1. The van der Waals surface area contributed by atoms with E-state index in [0.29, 0.717) is 17.2 Å². The van der Waals surface area contributed by atoms with Crippen molar-refractivity contribution in [2.24, 2.45) is 0 Å². The van der Waals surface area contributed by atoms with Crippen molar-refractivity contribution in [1.29, 1.82) is 0 Å². The van der Waals surface area contributed by atoms with E-state index in [4.69, 9.17) is 4.42 Å². The van der Waals surface area contributed by atoms with Gasteiger partial charge < -0.3 is 19.6 Å². The van der Waals surface area contributed by atoms with Crippen LogP contribution in [0, 0.1) is 0 Å². The summed E-state index contributed by atoms with van der Waals surface area (Å²) < 4.78 is 5.09. The monoisotopic (exact) mass is 290 g/mol. The first-order valence-electron chi connectivity index (χ1n) is 5.89. The Morgan fingerprint density at radius 3 is 2.70 bits per heavy atom. The zero-order valence-electron chi connectivity index (χ0n) is 10.5. The van der Waals surface area contributed by atoms with Crippen molar-refractivity contribution in [2.75, 3.05) is 5.75 Å². The van der Waals surface area contributed by atoms with Crippen LogP contribution in [0.2, 0.25) is 0 Å². The van der Waals surface area contributed by atoms with Crippen LogP contribution in [-0.4, -0.2) is 17.6 Å². The first-order valence-corrected chi connectivity index (χ1v) is 6.87. The molecule has 5 nitrogen and oxygen atoms in total. The van der Waals surface area contributed by atoms with E-state index in [2.05, 4.69) is 5.32 Å². The molecule has 0 atom stereocenters. The predicted octanol–water partition coefficient (Wildman–Crippen LogP) is 1.05. The average molecular weight is 290 g/mol. The highest BCUT2D eigenvalue weighted by molar-refractivity contribution is 8.00. The molecule has 0 bridgehead atoms. The fraction of sp³-hybridized carbons (Fsp3) is 0.143. The number of nitrogens with one attached hydrogen (secondary N) is 1. The molecule has 0 saturated carbocycles. The number of rotatable bonds is 6. The van der Waals surface area contributed by atoms with Gasteiger partial charge in [0.1, 0.15) is 5.76 Å². The van der Waals surface area contributed by atoms with Crippen LogP contribution in [-0.2, 0) is 11.3 Å². The summed E-state index contributed by atoms with van der Waals surface area (Å²) >= 11 is 1.16. The fourth-order valence-electron chi connectivity index (χ4n) is 1.55. The third-order valence-electron chi connectivity index (χ3n) is 2.51. The van der Waals surface area contributed by atoms with Gasteiger partial charge in [-0.05, 0) is 18.2 Å². The first-order chi connectivity index (χ1) is 9.66. The molecule has 1 amide bonds.